The Morgan fingerprint density at radius 3 is 2.32 bits per heavy atom. The molecule has 2 aromatic rings. The number of nitrogens with one attached hydrogen (secondary N) is 1. The summed E-state index contributed by atoms with van der Waals surface area (Å²) in [6, 6.07) is 15.0. The Bertz CT molecular complexity index is 654. The standard InChI is InChI=1S/C20H27N3O2/c1-3-14-23(4-2)18-9-5-16(6-10-18)20(24)22-17-7-11-19(12-8-17)25-15-13-21/h5-12H,3-4,13-15,21H2,1-2H3,(H,22,24). The van der Waals surface area contributed by atoms with E-state index in [-0.39, 0.29) is 5.91 Å². The van der Waals surface area contributed by atoms with Gasteiger partial charge in [0.1, 0.15) is 12.4 Å². The monoisotopic (exact) mass is 341 g/mol. The number of carbonyl (C=O) groups is 1. The quantitative estimate of drug-likeness (QED) is 0.732. The first kappa shape index (κ1) is 18.8. The lowest BCUT2D eigenvalue weighted by Gasteiger charge is -2.22. The third kappa shape index (κ3) is 5.50. The molecule has 0 aliphatic rings. The summed E-state index contributed by atoms with van der Waals surface area (Å²) >= 11 is 0. The lowest BCUT2D eigenvalue weighted by molar-refractivity contribution is 0.102. The molecule has 0 aliphatic carbocycles. The first-order chi connectivity index (χ1) is 12.2. The van der Waals surface area contributed by atoms with Crippen molar-refractivity contribution in [3.8, 4) is 5.75 Å². The second-order valence-electron chi connectivity index (χ2n) is 5.74. The molecule has 0 heterocycles. The molecule has 0 aromatic heterocycles. The average molecular weight is 341 g/mol. The second kappa shape index (κ2) is 9.69. The van der Waals surface area contributed by atoms with Crippen molar-refractivity contribution in [3.63, 3.8) is 0 Å². The summed E-state index contributed by atoms with van der Waals surface area (Å²) in [5, 5.41) is 2.90. The van der Waals surface area contributed by atoms with E-state index in [0.29, 0.717) is 18.7 Å². The van der Waals surface area contributed by atoms with Gasteiger partial charge in [0.05, 0.1) is 0 Å². The Labute approximate surface area is 149 Å². The Balaban J connectivity index is 1.98. The predicted molar refractivity (Wildman–Crippen MR) is 104 cm³/mol. The van der Waals surface area contributed by atoms with Crippen LogP contribution in [-0.4, -0.2) is 32.1 Å². The lowest BCUT2D eigenvalue weighted by atomic mass is 10.1. The zero-order valence-electron chi connectivity index (χ0n) is 15.0. The minimum atomic E-state index is -0.124. The van der Waals surface area contributed by atoms with E-state index in [1.165, 1.54) is 0 Å². The topological polar surface area (TPSA) is 67.6 Å². The highest BCUT2D eigenvalue weighted by atomic mass is 16.5. The summed E-state index contributed by atoms with van der Waals surface area (Å²) < 4.78 is 5.42. The van der Waals surface area contributed by atoms with Crippen LogP contribution in [0, 0.1) is 0 Å². The molecule has 0 saturated heterocycles. The van der Waals surface area contributed by atoms with Crippen molar-refractivity contribution >= 4 is 17.3 Å². The molecule has 5 nitrogen and oxygen atoms in total. The van der Waals surface area contributed by atoms with E-state index in [1.807, 2.05) is 48.5 Å². The van der Waals surface area contributed by atoms with Crippen molar-refractivity contribution in [3.05, 3.63) is 54.1 Å². The highest BCUT2D eigenvalue weighted by molar-refractivity contribution is 6.04. The molecule has 0 unspecified atom stereocenters. The number of nitrogens with zero attached hydrogens (tertiary/aromatic N) is 1. The molecular formula is C20H27N3O2. The number of nitrogens with two attached hydrogens (primary N) is 1. The van der Waals surface area contributed by atoms with Gasteiger partial charge in [-0.1, -0.05) is 6.92 Å². The zero-order valence-corrected chi connectivity index (χ0v) is 15.0. The van der Waals surface area contributed by atoms with Crippen LogP contribution >= 0.6 is 0 Å². The van der Waals surface area contributed by atoms with Gasteiger partial charge in [0.2, 0.25) is 0 Å². The maximum Gasteiger partial charge on any atom is 0.255 e. The van der Waals surface area contributed by atoms with Crippen LogP contribution in [0.3, 0.4) is 0 Å². The number of carbonyl (C=O) groups excluding carboxylic acids is 1. The van der Waals surface area contributed by atoms with Gasteiger partial charge in [-0.15, -0.1) is 0 Å². The summed E-state index contributed by atoms with van der Waals surface area (Å²) in [4.78, 5) is 14.7. The third-order valence-electron chi connectivity index (χ3n) is 3.87. The molecule has 0 bridgehead atoms. The number of ether oxygens (including phenoxy) is 1. The van der Waals surface area contributed by atoms with Crippen LogP contribution in [-0.2, 0) is 0 Å². The second-order valence-corrected chi connectivity index (χ2v) is 5.74. The van der Waals surface area contributed by atoms with E-state index < -0.39 is 0 Å². The first-order valence-electron chi connectivity index (χ1n) is 8.77. The number of rotatable bonds is 9. The van der Waals surface area contributed by atoms with Crippen molar-refractivity contribution in [1.29, 1.82) is 0 Å². The molecule has 0 atom stereocenters. The summed E-state index contributed by atoms with van der Waals surface area (Å²) in [7, 11) is 0. The molecule has 5 heteroatoms. The maximum absolute atomic E-state index is 12.4. The van der Waals surface area contributed by atoms with Crippen molar-refractivity contribution in [2.24, 2.45) is 5.73 Å². The van der Waals surface area contributed by atoms with E-state index in [2.05, 4.69) is 24.1 Å². The van der Waals surface area contributed by atoms with E-state index >= 15 is 0 Å². The molecule has 0 fully saturated rings. The van der Waals surface area contributed by atoms with E-state index in [0.717, 1.165) is 36.6 Å². The summed E-state index contributed by atoms with van der Waals surface area (Å²) in [5.41, 5.74) is 7.92. The smallest absolute Gasteiger partial charge is 0.255 e. The van der Waals surface area contributed by atoms with Crippen molar-refractivity contribution in [2.45, 2.75) is 20.3 Å². The largest absolute Gasteiger partial charge is 0.492 e. The van der Waals surface area contributed by atoms with Crippen LogP contribution in [0.25, 0.3) is 0 Å². The van der Waals surface area contributed by atoms with Crippen molar-refractivity contribution in [2.75, 3.05) is 36.5 Å². The molecule has 0 saturated carbocycles. The van der Waals surface area contributed by atoms with Crippen molar-refractivity contribution in [1.82, 2.24) is 0 Å². The van der Waals surface area contributed by atoms with Crippen LogP contribution in [0.5, 0.6) is 5.75 Å². The number of benzene rings is 2. The maximum atomic E-state index is 12.4. The third-order valence-corrected chi connectivity index (χ3v) is 3.87. The van der Waals surface area contributed by atoms with Gasteiger partial charge < -0.3 is 20.7 Å². The minimum absolute atomic E-state index is 0.124. The SMILES string of the molecule is CCCN(CC)c1ccc(C(=O)Nc2ccc(OCCN)cc2)cc1. The van der Waals surface area contributed by atoms with Gasteiger partial charge in [-0.2, -0.15) is 0 Å². The van der Waals surface area contributed by atoms with Crippen LogP contribution < -0.4 is 20.7 Å². The molecule has 1 amide bonds. The molecule has 0 radical (unpaired) electrons. The van der Waals surface area contributed by atoms with Crippen LogP contribution in [0.2, 0.25) is 0 Å². The number of hydrogen-bond donors (Lipinski definition) is 2. The summed E-state index contributed by atoms with van der Waals surface area (Å²) in [5.74, 6) is 0.615. The fourth-order valence-electron chi connectivity index (χ4n) is 2.58. The van der Waals surface area contributed by atoms with E-state index in [1.54, 1.807) is 0 Å². The predicted octanol–water partition coefficient (Wildman–Crippen LogP) is 3.51. The van der Waals surface area contributed by atoms with Gasteiger partial charge in [-0.25, -0.2) is 0 Å². The van der Waals surface area contributed by atoms with Gasteiger partial charge in [0.25, 0.3) is 5.91 Å². The zero-order chi connectivity index (χ0) is 18.1. The fourth-order valence-corrected chi connectivity index (χ4v) is 2.58. The van der Waals surface area contributed by atoms with Crippen molar-refractivity contribution < 1.29 is 9.53 Å². The Morgan fingerprint density at radius 1 is 1.08 bits per heavy atom. The van der Waals surface area contributed by atoms with Gasteiger partial charge >= 0.3 is 0 Å². The fraction of sp³-hybridized carbons (Fsp3) is 0.350. The molecule has 2 aromatic carbocycles. The normalized spacial score (nSPS) is 10.4. The van der Waals surface area contributed by atoms with Crippen LogP contribution in [0.4, 0.5) is 11.4 Å². The number of hydrogen-bond acceptors (Lipinski definition) is 4. The van der Waals surface area contributed by atoms with Gasteiger partial charge in [-0.05, 0) is 61.9 Å². The summed E-state index contributed by atoms with van der Waals surface area (Å²) in [6.07, 6.45) is 1.10. The molecule has 25 heavy (non-hydrogen) atoms. The van der Waals surface area contributed by atoms with Gasteiger partial charge in [0, 0.05) is 36.6 Å². The highest BCUT2D eigenvalue weighted by Gasteiger charge is 2.08. The van der Waals surface area contributed by atoms with E-state index in [4.69, 9.17) is 10.5 Å². The number of anilines is 2. The van der Waals surface area contributed by atoms with E-state index in [9.17, 15) is 4.79 Å². The molecular weight excluding hydrogens is 314 g/mol. The van der Waals surface area contributed by atoms with Gasteiger partial charge in [-0.3, -0.25) is 4.79 Å². The highest BCUT2D eigenvalue weighted by Crippen LogP contribution is 2.18. The minimum Gasteiger partial charge on any atom is -0.492 e. The number of amides is 1. The molecule has 0 spiro atoms. The van der Waals surface area contributed by atoms with Crippen LogP contribution in [0.1, 0.15) is 30.6 Å². The summed E-state index contributed by atoms with van der Waals surface area (Å²) in [6.45, 7) is 7.22. The lowest BCUT2D eigenvalue weighted by Crippen LogP contribution is -2.23. The molecule has 3 N–H and O–H groups in total. The average Bonchev–Trinajstić information content (AvgIpc) is 2.65. The van der Waals surface area contributed by atoms with Crippen LogP contribution in [0.15, 0.2) is 48.5 Å². The Hall–Kier alpha value is -2.53. The molecule has 0 aliphatic heterocycles. The Kier molecular flexibility index (Phi) is 7.29. The molecule has 134 valence electrons. The van der Waals surface area contributed by atoms with Gasteiger partial charge in [0.15, 0.2) is 0 Å². The molecule has 2 rings (SSSR count). The Morgan fingerprint density at radius 2 is 1.76 bits per heavy atom. The first-order valence-corrected chi connectivity index (χ1v) is 8.77.